The van der Waals surface area contributed by atoms with Crippen LogP contribution in [0.15, 0.2) is 24.3 Å². The molecule has 0 aliphatic carbocycles. The Kier molecular flexibility index (Phi) is 3.76. The number of hydrogen-bond donors (Lipinski definition) is 1. The van der Waals surface area contributed by atoms with Gasteiger partial charge in [-0.2, -0.15) is 0 Å². The highest BCUT2D eigenvalue weighted by atomic mass is 16.5. The maximum atomic E-state index is 5.91. The number of fused-ring (bicyclic) bond motifs is 2. The van der Waals surface area contributed by atoms with Crippen molar-refractivity contribution in [3.63, 3.8) is 0 Å². The summed E-state index contributed by atoms with van der Waals surface area (Å²) in [5.74, 6) is 0.995. The van der Waals surface area contributed by atoms with E-state index in [1.54, 1.807) is 0 Å². The molecule has 0 saturated carbocycles. The maximum Gasteiger partial charge on any atom is 0.124 e. The van der Waals surface area contributed by atoms with Crippen molar-refractivity contribution in [2.45, 2.75) is 57.4 Å². The molecule has 4 unspecified atom stereocenters. The molecular weight excluding hydrogens is 238 g/mol. The first-order valence-electron chi connectivity index (χ1n) is 7.41. The van der Waals surface area contributed by atoms with Crippen molar-refractivity contribution in [3.05, 3.63) is 29.8 Å². The lowest BCUT2D eigenvalue weighted by molar-refractivity contribution is 0.0962. The molecule has 104 valence electrons. The summed E-state index contributed by atoms with van der Waals surface area (Å²) in [7, 11) is 0. The average Bonchev–Trinajstić information content (AvgIpc) is 3.02. The van der Waals surface area contributed by atoms with Gasteiger partial charge in [0.05, 0.1) is 18.8 Å². The van der Waals surface area contributed by atoms with Crippen LogP contribution in [0.2, 0.25) is 0 Å². The molecule has 3 heteroatoms. The predicted octanol–water partition coefficient (Wildman–Crippen LogP) is 3.06. The summed E-state index contributed by atoms with van der Waals surface area (Å²) in [6, 6.07) is 9.11. The van der Waals surface area contributed by atoms with Gasteiger partial charge in [-0.3, -0.25) is 0 Å². The van der Waals surface area contributed by atoms with Crippen molar-refractivity contribution in [2.24, 2.45) is 0 Å². The first-order chi connectivity index (χ1) is 9.28. The lowest BCUT2D eigenvalue weighted by atomic mass is 9.94. The largest absolute Gasteiger partial charge is 0.494 e. The summed E-state index contributed by atoms with van der Waals surface area (Å²) >= 11 is 0. The van der Waals surface area contributed by atoms with Gasteiger partial charge < -0.3 is 14.8 Å². The molecular formula is C16H23NO2. The van der Waals surface area contributed by atoms with E-state index in [-0.39, 0.29) is 0 Å². The number of hydrogen-bond acceptors (Lipinski definition) is 3. The summed E-state index contributed by atoms with van der Waals surface area (Å²) in [5.41, 5.74) is 1.24. The van der Waals surface area contributed by atoms with Crippen LogP contribution in [-0.2, 0) is 4.74 Å². The van der Waals surface area contributed by atoms with Crippen LogP contribution in [0.5, 0.6) is 5.75 Å². The lowest BCUT2D eigenvalue weighted by Gasteiger charge is -2.26. The fourth-order valence-electron chi connectivity index (χ4n) is 3.35. The SMILES string of the molecule is CCOc1ccccc1C(C)NC1CC2CCC1O2. The average molecular weight is 261 g/mol. The molecule has 1 N–H and O–H groups in total. The Morgan fingerprint density at radius 1 is 1.37 bits per heavy atom. The smallest absolute Gasteiger partial charge is 0.124 e. The molecule has 2 aliphatic rings. The van der Waals surface area contributed by atoms with Crippen molar-refractivity contribution in [1.82, 2.24) is 5.32 Å². The summed E-state index contributed by atoms with van der Waals surface area (Å²) in [4.78, 5) is 0. The van der Waals surface area contributed by atoms with Crippen molar-refractivity contribution in [1.29, 1.82) is 0 Å². The third-order valence-electron chi connectivity index (χ3n) is 4.26. The molecule has 2 aliphatic heterocycles. The molecule has 2 fully saturated rings. The van der Waals surface area contributed by atoms with Crippen molar-refractivity contribution in [3.8, 4) is 5.75 Å². The van der Waals surface area contributed by atoms with E-state index < -0.39 is 0 Å². The number of rotatable bonds is 5. The van der Waals surface area contributed by atoms with Gasteiger partial charge in [0.2, 0.25) is 0 Å². The zero-order valence-electron chi connectivity index (χ0n) is 11.8. The van der Waals surface area contributed by atoms with Crippen LogP contribution in [0.25, 0.3) is 0 Å². The zero-order chi connectivity index (χ0) is 13.2. The summed E-state index contributed by atoms with van der Waals surface area (Å²) < 4.78 is 11.6. The number of nitrogens with one attached hydrogen (secondary N) is 1. The van der Waals surface area contributed by atoms with Gasteiger partial charge in [0.15, 0.2) is 0 Å². The first kappa shape index (κ1) is 12.9. The molecule has 1 aromatic rings. The molecule has 2 saturated heterocycles. The number of benzene rings is 1. The highest BCUT2D eigenvalue weighted by Gasteiger charge is 2.41. The van der Waals surface area contributed by atoms with E-state index >= 15 is 0 Å². The molecule has 0 amide bonds. The highest BCUT2D eigenvalue weighted by molar-refractivity contribution is 5.35. The van der Waals surface area contributed by atoms with Gasteiger partial charge in [0.1, 0.15) is 5.75 Å². The van der Waals surface area contributed by atoms with Crippen molar-refractivity contribution >= 4 is 0 Å². The van der Waals surface area contributed by atoms with E-state index in [0.717, 1.165) is 12.2 Å². The number of ether oxygens (including phenoxy) is 2. The Morgan fingerprint density at radius 3 is 2.89 bits per heavy atom. The molecule has 0 aromatic heterocycles. The Morgan fingerprint density at radius 2 is 2.21 bits per heavy atom. The second-order valence-electron chi connectivity index (χ2n) is 5.58. The standard InChI is InChI=1S/C16H23NO2/c1-3-18-15-7-5-4-6-13(15)11(2)17-14-10-12-8-9-16(14)19-12/h4-7,11-12,14,16-17H,3,8-10H2,1-2H3. The Hall–Kier alpha value is -1.06. The number of para-hydroxylation sites is 1. The van der Waals surface area contributed by atoms with Gasteiger partial charge >= 0.3 is 0 Å². The van der Waals surface area contributed by atoms with E-state index in [0.29, 0.717) is 30.9 Å². The molecule has 4 atom stereocenters. The van der Waals surface area contributed by atoms with E-state index in [4.69, 9.17) is 9.47 Å². The molecule has 19 heavy (non-hydrogen) atoms. The van der Waals surface area contributed by atoms with Crippen LogP contribution in [0.3, 0.4) is 0 Å². The third-order valence-corrected chi connectivity index (χ3v) is 4.26. The predicted molar refractivity (Wildman–Crippen MR) is 75.5 cm³/mol. The van der Waals surface area contributed by atoms with E-state index in [9.17, 15) is 0 Å². The van der Waals surface area contributed by atoms with Crippen molar-refractivity contribution in [2.75, 3.05) is 6.61 Å². The fourth-order valence-corrected chi connectivity index (χ4v) is 3.35. The minimum Gasteiger partial charge on any atom is -0.494 e. The van der Waals surface area contributed by atoms with Crippen LogP contribution in [0.4, 0.5) is 0 Å². The van der Waals surface area contributed by atoms with Gasteiger partial charge in [-0.05, 0) is 39.2 Å². The quantitative estimate of drug-likeness (QED) is 0.883. The van der Waals surface area contributed by atoms with Crippen LogP contribution in [0.1, 0.15) is 44.7 Å². The van der Waals surface area contributed by atoms with Crippen LogP contribution in [0, 0.1) is 0 Å². The van der Waals surface area contributed by atoms with Crippen LogP contribution >= 0.6 is 0 Å². The Labute approximate surface area is 115 Å². The van der Waals surface area contributed by atoms with E-state index in [1.165, 1.54) is 18.4 Å². The van der Waals surface area contributed by atoms with Crippen LogP contribution < -0.4 is 10.1 Å². The molecule has 3 nitrogen and oxygen atoms in total. The first-order valence-corrected chi connectivity index (χ1v) is 7.41. The van der Waals surface area contributed by atoms with Gasteiger partial charge in [-0.25, -0.2) is 0 Å². The lowest BCUT2D eigenvalue weighted by Crippen LogP contribution is -2.39. The van der Waals surface area contributed by atoms with Gasteiger partial charge in [-0.1, -0.05) is 18.2 Å². The van der Waals surface area contributed by atoms with E-state index in [2.05, 4.69) is 24.4 Å². The summed E-state index contributed by atoms with van der Waals surface area (Å²) in [6.07, 6.45) is 4.53. The molecule has 3 rings (SSSR count). The minimum atomic E-state index is 0.302. The highest BCUT2D eigenvalue weighted by Crippen LogP contribution is 2.36. The van der Waals surface area contributed by atoms with Crippen molar-refractivity contribution < 1.29 is 9.47 Å². The normalized spacial score (nSPS) is 30.5. The van der Waals surface area contributed by atoms with Crippen LogP contribution in [-0.4, -0.2) is 24.9 Å². The third kappa shape index (κ3) is 2.63. The van der Waals surface area contributed by atoms with E-state index in [1.807, 2.05) is 19.1 Å². The van der Waals surface area contributed by atoms with Gasteiger partial charge in [-0.15, -0.1) is 0 Å². The molecule has 2 heterocycles. The molecule has 1 aromatic carbocycles. The second-order valence-corrected chi connectivity index (χ2v) is 5.58. The topological polar surface area (TPSA) is 30.5 Å². The van der Waals surface area contributed by atoms with Gasteiger partial charge in [0.25, 0.3) is 0 Å². The Bertz CT molecular complexity index is 435. The molecule has 0 spiro atoms. The monoisotopic (exact) mass is 261 g/mol. The Balaban J connectivity index is 1.68. The van der Waals surface area contributed by atoms with Gasteiger partial charge in [0, 0.05) is 17.6 Å². The zero-order valence-corrected chi connectivity index (χ0v) is 11.8. The fraction of sp³-hybridized carbons (Fsp3) is 0.625. The summed E-state index contributed by atoms with van der Waals surface area (Å²) in [5, 5.41) is 3.72. The minimum absolute atomic E-state index is 0.302. The second kappa shape index (κ2) is 5.51. The maximum absolute atomic E-state index is 5.91. The molecule has 2 bridgehead atoms. The summed E-state index contributed by atoms with van der Waals surface area (Å²) in [6.45, 7) is 4.95. The molecule has 0 radical (unpaired) electrons.